The van der Waals surface area contributed by atoms with E-state index >= 15 is 0 Å². The van der Waals surface area contributed by atoms with Crippen LogP contribution in [0.25, 0.3) is 0 Å². The summed E-state index contributed by atoms with van der Waals surface area (Å²) in [6, 6.07) is 6.58. The summed E-state index contributed by atoms with van der Waals surface area (Å²) in [5, 5.41) is 12.0. The first-order valence-electron chi connectivity index (χ1n) is 7.00. The molecule has 1 rings (SSSR count). The SMILES string of the molecule is CCC(NC)c1ccc(N(CCC#N)CCOC)cn1. The van der Waals surface area contributed by atoms with Crippen molar-refractivity contribution in [1.82, 2.24) is 10.3 Å². The van der Waals surface area contributed by atoms with Gasteiger partial charge in [0.1, 0.15) is 0 Å². The first-order valence-corrected chi connectivity index (χ1v) is 7.00. The zero-order chi connectivity index (χ0) is 14.8. The van der Waals surface area contributed by atoms with E-state index < -0.39 is 0 Å². The molecule has 1 aromatic rings. The summed E-state index contributed by atoms with van der Waals surface area (Å²) in [5.74, 6) is 0. The Bertz CT molecular complexity index is 409. The summed E-state index contributed by atoms with van der Waals surface area (Å²) >= 11 is 0. The highest BCUT2D eigenvalue weighted by Gasteiger charge is 2.10. The molecule has 1 unspecified atom stereocenters. The minimum absolute atomic E-state index is 0.288. The van der Waals surface area contributed by atoms with E-state index in [-0.39, 0.29) is 6.04 Å². The Balaban J connectivity index is 2.78. The Morgan fingerprint density at radius 2 is 2.25 bits per heavy atom. The molecule has 0 aliphatic carbocycles. The molecule has 5 heteroatoms. The van der Waals surface area contributed by atoms with Gasteiger partial charge in [-0.05, 0) is 25.6 Å². The first-order chi connectivity index (χ1) is 9.76. The van der Waals surface area contributed by atoms with Crippen molar-refractivity contribution in [3.05, 3.63) is 24.0 Å². The van der Waals surface area contributed by atoms with Gasteiger partial charge in [0.15, 0.2) is 0 Å². The zero-order valence-corrected chi connectivity index (χ0v) is 12.6. The number of hydrogen-bond donors (Lipinski definition) is 1. The van der Waals surface area contributed by atoms with Crippen LogP contribution in [-0.2, 0) is 4.74 Å². The number of nitrogens with zero attached hydrogens (tertiary/aromatic N) is 3. The van der Waals surface area contributed by atoms with Gasteiger partial charge in [0.25, 0.3) is 0 Å². The summed E-state index contributed by atoms with van der Waals surface area (Å²) in [6.07, 6.45) is 3.38. The predicted molar refractivity (Wildman–Crippen MR) is 80.6 cm³/mol. The third kappa shape index (κ3) is 4.80. The van der Waals surface area contributed by atoms with Crippen LogP contribution in [0.4, 0.5) is 5.69 Å². The van der Waals surface area contributed by atoms with E-state index in [1.165, 1.54) is 0 Å². The van der Waals surface area contributed by atoms with Crippen LogP contribution >= 0.6 is 0 Å². The van der Waals surface area contributed by atoms with Crippen LogP contribution in [-0.4, -0.2) is 38.8 Å². The Morgan fingerprint density at radius 3 is 2.75 bits per heavy atom. The number of hydrogen-bond acceptors (Lipinski definition) is 5. The van der Waals surface area contributed by atoms with E-state index in [1.54, 1.807) is 7.11 Å². The normalized spacial score (nSPS) is 11.9. The lowest BCUT2D eigenvalue weighted by Gasteiger charge is -2.23. The average Bonchev–Trinajstić information content (AvgIpc) is 2.50. The summed E-state index contributed by atoms with van der Waals surface area (Å²) in [6.45, 7) is 4.24. The second-order valence-electron chi connectivity index (χ2n) is 4.58. The van der Waals surface area contributed by atoms with Crippen LogP contribution in [0.3, 0.4) is 0 Å². The molecule has 1 N–H and O–H groups in total. The molecule has 1 aromatic heterocycles. The van der Waals surface area contributed by atoms with Crippen LogP contribution in [0.1, 0.15) is 31.5 Å². The van der Waals surface area contributed by atoms with Gasteiger partial charge in [-0.3, -0.25) is 4.98 Å². The van der Waals surface area contributed by atoms with Crippen molar-refractivity contribution in [2.75, 3.05) is 38.8 Å². The van der Waals surface area contributed by atoms with Crippen molar-refractivity contribution in [3.63, 3.8) is 0 Å². The van der Waals surface area contributed by atoms with E-state index in [4.69, 9.17) is 10.00 Å². The summed E-state index contributed by atoms with van der Waals surface area (Å²) in [7, 11) is 3.63. The highest BCUT2D eigenvalue weighted by Crippen LogP contribution is 2.18. The highest BCUT2D eigenvalue weighted by molar-refractivity contribution is 5.45. The van der Waals surface area contributed by atoms with Gasteiger partial charge in [-0.2, -0.15) is 5.26 Å². The lowest BCUT2D eigenvalue weighted by atomic mass is 10.1. The number of rotatable bonds is 9. The zero-order valence-electron chi connectivity index (χ0n) is 12.6. The van der Waals surface area contributed by atoms with Gasteiger partial charge in [0, 0.05) is 26.2 Å². The molecule has 0 amide bonds. The molecule has 5 nitrogen and oxygen atoms in total. The molecule has 0 saturated heterocycles. The largest absolute Gasteiger partial charge is 0.383 e. The van der Waals surface area contributed by atoms with E-state index in [0.29, 0.717) is 19.6 Å². The molecule has 0 fully saturated rings. The van der Waals surface area contributed by atoms with Crippen molar-refractivity contribution in [2.24, 2.45) is 0 Å². The van der Waals surface area contributed by atoms with Crippen molar-refractivity contribution in [3.8, 4) is 6.07 Å². The van der Waals surface area contributed by atoms with Crippen LogP contribution in [0.15, 0.2) is 18.3 Å². The van der Waals surface area contributed by atoms with E-state index in [0.717, 1.165) is 24.3 Å². The number of aromatic nitrogens is 1. The van der Waals surface area contributed by atoms with Gasteiger partial charge in [-0.1, -0.05) is 6.92 Å². The standard InChI is InChI=1S/C15H24N4O/c1-4-14(17-2)15-7-6-13(12-18-15)19(9-5-8-16)10-11-20-3/h6-7,12,14,17H,4-5,9-11H2,1-3H3. The van der Waals surface area contributed by atoms with Crippen molar-refractivity contribution in [2.45, 2.75) is 25.8 Å². The second-order valence-corrected chi connectivity index (χ2v) is 4.58. The number of pyridine rings is 1. The molecular formula is C15H24N4O. The number of methoxy groups -OCH3 is 1. The first kappa shape index (κ1) is 16.4. The average molecular weight is 276 g/mol. The number of nitriles is 1. The van der Waals surface area contributed by atoms with Crippen LogP contribution in [0, 0.1) is 11.3 Å². The van der Waals surface area contributed by atoms with Crippen molar-refractivity contribution >= 4 is 5.69 Å². The van der Waals surface area contributed by atoms with Gasteiger partial charge in [-0.25, -0.2) is 0 Å². The fraction of sp³-hybridized carbons (Fsp3) is 0.600. The number of ether oxygens (including phenoxy) is 1. The third-order valence-corrected chi connectivity index (χ3v) is 3.31. The molecule has 0 aliphatic heterocycles. The van der Waals surface area contributed by atoms with E-state index in [9.17, 15) is 0 Å². The van der Waals surface area contributed by atoms with Crippen molar-refractivity contribution in [1.29, 1.82) is 5.26 Å². The minimum atomic E-state index is 0.288. The van der Waals surface area contributed by atoms with E-state index in [1.807, 2.05) is 19.3 Å². The van der Waals surface area contributed by atoms with Gasteiger partial charge in [-0.15, -0.1) is 0 Å². The summed E-state index contributed by atoms with van der Waals surface area (Å²) in [4.78, 5) is 6.66. The number of anilines is 1. The van der Waals surface area contributed by atoms with Gasteiger partial charge < -0.3 is 15.0 Å². The maximum Gasteiger partial charge on any atom is 0.0640 e. The monoisotopic (exact) mass is 276 g/mol. The van der Waals surface area contributed by atoms with Crippen LogP contribution < -0.4 is 10.2 Å². The molecule has 0 spiro atoms. The fourth-order valence-corrected chi connectivity index (χ4v) is 2.11. The summed E-state index contributed by atoms with van der Waals surface area (Å²) < 4.78 is 5.12. The summed E-state index contributed by atoms with van der Waals surface area (Å²) in [5.41, 5.74) is 2.08. The quantitative estimate of drug-likeness (QED) is 0.748. The Kier molecular flexibility index (Phi) is 7.63. The molecule has 0 radical (unpaired) electrons. The van der Waals surface area contributed by atoms with Crippen molar-refractivity contribution < 1.29 is 4.74 Å². The number of nitrogens with one attached hydrogen (secondary N) is 1. The molecule has 20 heavy (non-hydrogen) atoms. The Morgan fingerprint density at radius 1 is 1.45 bits per heavy atom. The lowest BCUT2D eigenvalue weighted by Crippen LogP contribution is -2.28. The maximum atomic E-state index is 8.74. The fourth-order valence-electron chi connectivity index (χ4n) is 2.11. The molecule has 0 saturated carbocycles. The molecule has 1 heterocycles. The Hall–Kier alpha value is -1.64. The highest BCUT2D eigenvalue weighted by atomic mass is 16.5. The van der Waals surface area contributed by atoms with Gasteiger partial charge in [0.05, 0.1) is 36.7 Å². The third-order valence-electron chi connectivity index (χ3n) is 3.31. The molecule has 0 aromatic carbocycles. The minimum Gasteiger partial charge on any atom is -0.383 e. The topological polar surface area (TPSA) is 61.2 Å². The molecule has 0 bridgehead atoms. The second kappa shape index (κ2) is 9.29. The van der Waals surface area contributed by atoms with Gasteiger partial charge >= 0.3 is 0 Å². The molecule has 1 atom stereocenters. The predicted octanol–water partition coefficient (Wildman–Crippen LogP) is 2.12. The maximum absolute atomic E-state index is 8.74. The molecule has 0 aliphatic rings. The molecular weight excluding hydrogens is 252 g/mol. The van der Waals surface area contributed by atoms with E-state index in [2.05, 4.69) is 34.3 Å². The Labute approximate surface area is 121 Å². The molecule has 110 valence electrons. The van der Waals surface area contributed by atoms with Gasteiger partial charge in [0.2, 0.25) is 0 Å². The van der Waals surface area contributed by atoms with Crippen LogP contribution in [0.2, 0.25) is 0 Å². The van der Waals surface area contributed by atoms with Crippen LogP contribution in [0.5, 0.6) is 0 Å². The lowest BCUT2D eigenvalue weighted by molar-refractivity contribution is 0.205. The smallest absolute Gasteiger partial charge is 0.0640 e.